The topological polar surface area (TPSA) is 12.0 Å². The average molecular weight is 284 g/mol. The molecule has 1 N–H and O–H groups in total. The minimum absolute atomic E-state index is 0. The zero-order chi connectivity index (χ0) is 11.6. The highest BCUT2D eigenvalue weighted by Gasteiger charge is 2.29. The summed E-state index contributed by atoms with van der Waals surface area (Å²) in [7, 11) is 0. The van der Waals surface area contributed by atoms with E-state index in [0.717, 1.165) is 24.9 Å². The van der Waals surface area contributed by atoms with Gasteiger partial charge in [-0.25, -0.2) is 0 Å². The molecule has 17 heavy (non-hydrogen) atoms. The van der Waals surface area contributed by atoms with Gasteiger partial charge in [0.2, 0.25) is 0 Å². The summed E-state index contributed by atoms with van der Waals surface area (Å²) < 4.78 is 36.3. The van der Waals surface area contributed by atoms with Crippen LogP contribution in [0.5, 0.6) is 0 Å². The van der Waals surface area contributed by atoms with E-state index in [2.05, 4.69) is 5.32 Å². The fourth-order valence-electron chi connectivity index (χ4n) is 1.87. The van der Waals surface area contributed by atoms with Crippen LogP contribution in [0.3, 0.4) is 0 Å². The SMILES string of the molecule is Cl.FC(F)(F)Sc1ccc([C@H]2CCCN2)cc1. The molecule has 0 unspecified atom stereocenters. The normalized spacial score (nSPS) is 20.1. The Morgan fingerprint density at radius 3 is 2.29 bits per heavy atom. The van der Waals surface area contributed by atoms with Gasteiger partial charge in [-0.1, -0.05) is 12.1 Å². The summed E-state index contributed by atoms with van der Waals surface area (Å²) in [5.74, 6) is 0. The molecule has 1 aromatic carbocycles. The van der Waals surface area contributed by atoms with Gasteiger partial charge < -0.3 is 5.32 Å². The molecule has 96 valence electrons. The minimum Gasteiger partial charge on any atom is -0.310 e. The summed E-state index contributed by atoms with van der Waals surface area (Å²) in [5, 5.41) is 3.31. The second-order valence-corrected chi connectivity index (χ2v) is 4.90. The van der Waals surface area contributed by atoms with Gasteiger partial charge >= 0.3 is 5.51 Å². The van der Waals surface area contributed by atoms with Crippen molar-refractivity contribution in [3.05, 3.63) is 29.8 Å². The monoisotopic (exact) mass is 283 g/mol. The number of hydrogen-bond acceptors (Lipinski definition) is 2. The van der Waals surface area contributed by atoms with E-state index in [1.165, 1.54) is 12.1 Å². The van der Waals surface area contributed by atoms with Gasteiger partial charge in [0.1, 0.15) is 0 Å². The molecule has 6 heteroatoms. The van der Waals surface area contributed by atoms with E-state index in [0.29, 0.717) is 6.04 Å². The molecule has 1 atom stereocenters. The number of alkyl halides is 3. The van der Waals surface area contributed by atoms with Crippen molar-refractivity contribution in [2.75, 3.05) is 6.54 Å². The summed E-state index contributed by atoms with van der Waals surface area (Å²) in [6.07, 6.45) is 2.19. The lowest BCUT2D eigenvalue weighted by Gasteiger charge is -2.11. The lowest BCUT2D eigenvalue weighted by Crippen LogP contribution is -2.12. The van der Waals surface area contributed by atoms with Crippen LogP contribution in [-0.2, 0) is 0 Å². The van der Waals surface area contributed by atoms with Crippen LogP contribution in [-0.4, -0.2) is 12.1 Å². The molecule has 1 nitrogen and oxygen atoms in total. The highest BCUT2D eigenvalue weighted by atomic mass is 35.5. The third-order valence-corrected chi connectivity index (χ3v) is 3.32. The Labute approximate surface area is 109 Å². The highest BCUT2D eigenvalue weighted by molar-refractivity contribution is 8.00. The number of nitrogens with one attached hydrogen (secondary N) is 1. The Morgan fingerprint density at radius 2 is 1.82 bits per heavy atom. The first-order valence-corrected chi connectivity index (χ1v) is 5.95. The largest absolute Gasteiger partial charge is 0.446 e. The molecule has 1 saturated heterocycles. The first-order chi connectivity index (χ1) is 7.54. The Hall–Kier alpha value is -0.390. The summed E-state index contributed by atoms with van der Waals surface area (Å²) in [4.78, 5) is 0.245. The van der Waals surface area contributed by atoms with Crippen LogP contribution in [0.2, 0.25) is 0 Å². The van der Waals surface area contributed by atoms with Crippen LogP contribution >= 0.6 is 24.2 Å². The van der Waals surface area contributed by atoms with Crippen molar-refractivity contribution in [3.8, 4) is 0 Å². The molecule has 0 aromatic heterocycles. The molecule has 0 amide bonds. The zero-order valence-electron chi connectivity index (χ0n) is 8.96. The summed E-state index contributed by atoms with van der Waals surface area (Å²) in [6, 6.07) is 6.93. The molecule has 2 rings (SSSR count). The van der Waals surface area contributed by atoms with E-state index in [-0.39, 0.29) is 29.1 Å². The molecule has 0 saturated carbocycles. The van der Waals surface area contributed by atoms with Crippen LogP contribution in [0.25, 0.3) is 0 Å². The molecule has 1 aliphatic rings. The zero-order valence-corrected chi connectivity index (χ0v) is 10.6. The minimum atomic E-state index is -4.20. The van der Waals surface area contributed by atoms with Gasteiger partial charge in [-0.3, -0.25) is 0 Å². The van der Waals surface area contributed by atoms with Gasteiger partial charge in [-0.15, -0.1) is 12.4 Å². The number of halogens is 4. The number of hydrogen-bond donors (Lipinski definition) is 1. The van der Waals surface area contributed by atoms with Gasteiger partial charge in [0.05, 0.1) is 0 Å². The van der Waals surface area contributed by atoms with Crippen molar-refractivity contribution in [1.29, 1.82) is 0 Å². The molecule has 0 spiro atoms. The maximum atomic E-state index is 12.1. The summed E-state index contributed by atoms with van der Waals surface area (Å²) in [5.41, 5.74) is -3.13. The van der Waals surface area contributed by atoms with Crippen molar-refractivity contribution < 1.29 is 13.2 Å². The maximum absolute atomic E-state index is 12.1. The van der Waals surface area contributed by atoms with Crippen LogP contribution < -0.4 is 5.32 Å². The lowest BCUT2D eigenvalue weighted by atomic mass is 10.1. The molecule has 0 aliphatic carbocycles. The van der Waals surface area contributed by atoms with Crippen molar-refractivity contribution in [2.45, 2.75) is 29.3 Å². The van der Waals surface area contributed by atoms with Gasteiger partial charge in [0.25, 0.3) is 0 Å². The Balaban J connectivity index is 0.00000144. The van der Waals surface area contributed by atoms with E-state index in [4.69, 9.17) is 0 Å². The van der Waals surface area contributed by atoms with Crippen molar-refractivity contribution >= 4 is 24.2 Å². The Bertz CT molecular complexity index is 347. The maximum Gasteiger partial charge on any atom is 0.446 e. The Morgan fingerprint density at radius 1 is 1.18 bits per heavy atom. The highest BCUT2D eigenvalue weighted by Crippen LogP contribution is 2.37. The average Bonchev–Trinajstić information content (AvgIpc) is 2.69. The van der Waals surface area contributed by atoms with Crippen molar-refractivity contribution in [3.63, 3.8) is 0 Å². The second-order valence-electron chi connectivity index (χ2n) is 3.77. The van der Waals surface area contributed by atoms with Crippen LogP contribution in [0.4, 0.5) is 13.2 Å². The number of rotatable bonds is 2. The van der Waals surface area contributed by atoms with Gasteiger partial charge in [0, 0.05) is 10.9 Å². The first kappa shape index (κ1) is 14.7. The quantitative estimate of drug-likeness (QED) is 0.819. The third kappa shape index (κ3) is 4.41. The molecule has 1 aromatic rings. The molecule has 0 radical (unpaired) electrons. The van der Waals surface area contributed by atoms with E-state index in [1.54, 1.807) is 12.1 Å². The molecular weight excluding hydrogens is 271 g/mol. The fraction of sp³-hybridized carbons (Fsp3) is 0.455. The van der Waals surface area contributed by atoms with Crippen molar-refractivity contribution in [2.24, 2.45) is 0 Å². The molecule has 1 aliphatic heterocycles. The second kappa shape index (κ2) is 5.98. The van der Waals surface area contributed by atoms with Crippen molar-refractivity contribution in [1.82, 2.24) is 5.32 Å². The van der Waals surface area contributed by atoms with E-state index >= 15 is 0 Å². The standard InChI is InChI=1S/C11H12F3NS.ClH/c12-11(13,14)16-9-5-3-8(4-6-9)10-2-1-7-15-10;/h3-6,10,15H,1-2,7H2;1H/t10-;/m1./s1. The number of benzene rings is 1. The van der Waals surface area contributed by atoms with Gasteiger partial charge in [0.15, 0.2) is 0 Å². The Kier molecular flexibility index (Phi) is 5.16. The fourth-order valence-corrected chi connectivity index (χ4v) is 2.41. The smallest absolute Gasteiger partial charge is 0.310 e. The summed E-state index contributed by atoms with van der Waals surface area (Å²) >= 11 is -0.0684. The van der Waals surface area contributed by atoms with Crippen LogP contribution in [0.1, 0.15) is 24.4 Å². The molecular formula is C11H13ClF3NS. The molecule has 0 bridgehead atoms. The van der Waals surface area contributed by atoms with Gasteiger partial charge in [-0.05, 0) is 48.8 Å². The third-order valence-electron chi connectivity index (χ3n) is 2.58. The van der Waals surface area contributed by atoms with E-state index in [1.807, 2.05) is 0 Å². The predicted molar refractivity (Wildman–Crippen MR) is 65.6 cm³/mol. The predicted octanol–water partition coefficient (Wildman–Crippen LogP) is 4.14. The van der Waals surface area contributed by atoms with E-state index in [9.17, 15) is 13.2 Å². The summed E-state index contributed by atoms with van der Waals surface area (Å²) in [6.45, 7) is 0.990. The molecule has 1 fully saturated rings. The van der Waals surface area contributed by atoms with Gasteiger partial charge in [-0.2, -0.15) is 13.2 Å². The van der Waals surface area contributed by atoms with Crippen LogP contribution in [0.15, 0.2) is 29.2 Å². The number of thioether (sulfide) groups is 1. The lowest BCUT2D eigenvalue weighted by molar-refractivity contribution is -0.0328. The molecule has 1 heterocycles. The van der Waals surface area contributed by atoms with E-state index < -0.39 is 5.51 Å². The first-order valence-electron chi connectivity index (χ1n) is 5.14. The van der Waals surface area contributed by atoms with Crippen LogP contribution in [0, 0.1) is 0 Å².